The van der Waals surface area contributed by atoms with E-state index < -0.39 is 10.0 Å². The molecule has 0 spiro atoms. The second-order valence-corrected chi connectivity index (χ2v) is 11.4. The van der Waals surface area contributed by atoms with Gasteiger partial charge in [-0.05, 0) is 68.7 Å². The van der Waals surface area contributed by atoms with Gasteiger partial charge in [-0.1, -0.05) is 19.3 Å². The fourth-order valence-corrected chi connectivity index (χ4v) is 6.78. The number of hydrogen-bond acceptors (Lipinski definition) is 4. The highest BCUT2D eigenvalue weighted by Gasteiger charge is 2.33. The number of nitrogens with one attached hydrogen (secondary N) is 1. The van der Waals surface area contributed by atoms with Crippen molar-refractivity contribution in [3.8, 4) is 0 Å². The molecule has 1 unspecified atom stereocenters. The summed E-state index contributed by atoms with van der Waals surface area (Å²) in [5.74, 6) is 0.819. The number of amides is 1. The molecule has 1 aliphatic carbocycles. The number of sulfonamides is 1. The van der Waals surface area contributed by atoms with Gasteiger partial charge >= 0.3 is 0 Å². The highest BCUT2D eigenvalue weighted by atomic mass is 32.2. The lowest BCUT2D eigenvalue weighted by atomic mass is 9.88. The van der Waals surface area contributed by atoms with Crippen LogP contribution in [0.15, 0.2) is 18.2 Å². The van der Waals surface area contributed by atoms with Gasteiger partial charge in [-0.25, -0.2) is 8.42 Å². The maximum absolute atomic E-state index is 12.8. The van der Waals surface area contributed by atoms with Crippen molar-refractivity contribution in [1.82, 2.24) is 10.2 Å². The normalized spacial score (nSPS) is 24.1. The largest absolute Gasteiger partial charge is 0.349 e. The number of carbonyl (C=O) groups excluding carboxylic acids is 1. The van der Waals surface area contributed by atoms with Crippen molar-refractivity contribution >= 4 is 21.6 Å². The van der Waals surface area contributed by atoms with E-state index in [1.807, 2.05) is 13.0 Å². The Labute approximate surface area is 181 Å². The summed E-state index contributed by atoms with van der Waals surface area (Å²) in [5.41, 5.74) is 2.27. The van der Waals surface area contributed by atoms with Crippen molar-refractivity contribution in [2.75, 3.05) is 30.2 Å². The van der Waals surface area contributed by atoms with Crippen LogP contribution in [0.1, 0.15) is 67.8 Å². The Bertz CT molecular complexity index is 872. The van der Waals surface area contributed by atoms with Gasteiger partial charge in [-0.2, -0.15) is 0 Å². The summed E-state index contributed by atoms with van der Waals surface area (Å²) >= 11 is 0. The molecule has 3 aliphatic rings. The predicted molar refractivity (Wildman–Crippen MR) is 120 cm³/mol. The summed E-state index contributed by atoms with van der Waals surface area (Å²) in [5, 5.41) is 3.21. The average molecular weight is 434 g/mol. The fourth-order valence-electron chi connectivity index (χ4n) is 5.51. The smallest absolute Gasteiger partial charge is 0.251 e. The van der Waals surface area contributed by atoms with E-state index >= 15 is 0 Å². The molecule has 2 fully saturated rings. The number of hydrogen-bond donors (Lipinski definition) is 1. The van der Waals surface area contributed by atoms with Crippen LogP contribution in [0.5, 0.6) is 0 Å². The summed E-state index contributed by atoms with van der Waals surface area (Å²) in [6, 6.07) is 5.51. The summed E-state index contributed by atoms with van der Waals surface area (Å²) in [7, 11) is -3.31. The number of carbonyl (C=O) groups is 1. The second kappa shape index (κ2) is 8.87. The Kier molecular flexibility index (Phi) is 6.39. The number of nitrogens with zero attached hydrogens (tertiary/aromatic N) is 2. The van der Waals surface area contributed by atoms with Crippen molar-refractivity contribution in [2.45, 2.75) is 70.4 Å². The van der Waals surface area contributed by atoms with Gasteiger partial charge in [-0.15, -0.1) is 0 Å². The quantitative estimate of drug-likeness (QED) is 0.774. The van der Waals surface area contributed by atoms with Gasteiger partial charge in [0.05, 0.1) is 11.9 Å². The van der Waals surface area contributed by atoms with E-state index in [4.69, 9.17) is 0 Å². The topological polar surface area (TPSA) is 69.7 Å². The zero-order valence-corrected chi connectivity index (χ0v) is 19.1. The Hall–Kier alpha value is -1.60. The third kappa shape index (κ3) is 4.83. The van der Waals surface area contributed by atoms with Crippen LogP contribution in [0.2, 0.25) is 0 Å². The maximum atomic E-state index is 12.8. The van der Waals surface area contributed by atoms with Crippen molar-refractivity contribution in [2.24, 2.45) is 5.92 Å². The van der Waals surface area contributed by atoms with Gasteiger partial charge in [0.1, 0.15) is 0 Å². The molecular formula is C23H35N3O3S. The first-order valence-corrected chi connectivity index (χ1v) is 13.3. The summed E-state index contributed by atoms with van der Waals surface area (Å²) in [6.07, 6.45) is 10.8. The molecule has 7 heteroatoms. The van der Waals surface area contributed by atoms with Crippen molar-refractivity contribution in [1.29, 1.82) is 0 Å². The number of piperidine rings is 1. The van der Waals surface area contributed by atoms with Crippen LogP contribution in [0, 0.1) is 5.92 Å². The SMILES string of the molecule is CC1Cc2cc(C(=O)NC3CCN(CC4CCCCC4)CC3)ccc2N1S(C)(=O)=O. The van der Waals surface area contributed by atoms with E-state index in [1.165, 1.54) is 49.2 Å². The molecule has 0 aromatic heterocycles. The molecule has 1 aromatic carbocycles. The first-order valence-electron chi connectivity index (χ1n) is 11.5. The molecule has 1 saturated heterocycles. The van der Waals surface area contributed by atoms with Gasteiger partial charge in [0.15, 0.2) is 0 Å². The second-order valence-electron chi connectivity index (χ2n) is 9.51. The van der Waals surface area contributed by atoms with Crippen LogP contribution in [-0.4, -0.2) is 57.2 Å². The third-order valence-corrected chi connectivity index (χ3v) is 8.29. The first kappa shape index (κ1) is 21.6. The van der Waals surface area contributed by atoms with Crippen LogP contribution in [0.3, 0.4) is 0 Å². The molecule has 1 atom stereocenters. The Morgan fingerprint density at radius 2 is 1.80 bits per heavy atom. The first-order chi connectivity index (χ1) is 14.3. The molecule has 166 valence electrons. The molecule has 1 aromatic rings. The molecule has 2 aliphatic heterocycles. The molecule has 0 bridgehead atoms. The van der Waals surface area contributed by atoms with E-state index in [-0.39, 0.29) is 18.0 Å². The Balaban J connectivity index is 1.31. The van der Waals surface area contributed by atoms with E-state index in [2.05, 4.69) is 10.2 Å². The lowest BCUT2D eigenvalue weighted by Crippen LogP contribution is -2.46. The molecular weight excluding hydrogens is 398 g/mol. The van der Waals surface area contributed by atoms with E-state index in [9.17, 15) is 13.2 Å². The Morgan fingerprint density at radius 3 is 2.47 bits per heavy atom. The minimum atomic E-state index is -3.31. The standard InChI is InChI=1S/C23H35N3O3S/c1-17-14-20-15-19(8-9-22(20)26(17)30(2,28)29)23(27)24-21-10-12-25(13-11-21)16-18-6-4-3-5-7-18/h8-9,15,17-18,21H,3-7,10-14,16H2,1-2H3,(H,24,27). The molecule has 6 nitrogen and oxygen atoms in total. The van der Waals surface area contributed by atoms with Gasteiger partial charge in [0, 0.05) is 37.3 Å². The minimum Gasteiger partial charge on any atom is -0.349 e. The monoisotopic (exact) mass is 433 g/mol. The molecule has 1 amide bonds. The highest BCUT2D eigenvalue weighted by molar-refractivity contribution is 7.92. The highest BCUT2D eigenvalue weighted by Crippen LogP contribution is 2.34. The van der Waals surface area contributed by atoms with Crippen molar-refractivity contribution < 1.29 is 13.2 Å². The third-order valence-electron chi connectivity index (χ3n) is 7.02. The number of anilines is 1. The van der Waals surface area contributed by atoms with Crippen molar-refractivity contribution in [3.05, 3.63) is 29.3 Å². The molecule has 1 N–H and O–H groups in total. The zero-order valence-electron chi connectivity index (χ0n) is 18.3. The number of benzene rings is 1. The van der Waals surface area contributed by atoms with Gasteiger partial charge in [0.25, 0.3) is 5.91 Å². The summed E-state index contributed by atoms with van der Waals surface area (Å²) in [4.78, 5) is 15.4. The van der Waals surface area contributed by atoms with Crippen LogP contribution < -0.4 is 9.62 Å². The number of likely N-dealkylation sites (tertiary alicyclic amines) is 1. The van der Waals surface area contributed by atoms with Crippen LogP contribution >= 0.6 is 0 Å². The maximum Gasteiger partial charge on any atom is 0.251 e. The van der Waals surface area contributed by atoms with E-state index in [0.29, 0.717) is 17.7 Å². The van der Waals surface area contributed by atoms with Crippen LogP contribution in [0.4, 0.5) is 5.69 Å². The van der Waals surface area contributed by atoms with Gasteiger partial charge in [-0.3, -0.25) is 9.10 Å². The molecule has 30 heavy (non-hydrogen) atoms. The van der Waals surface area contributed by atoms with Crippen molar-refractivity contribution in [3.63, 3.8) is 0 Å². The summed E-state index contributed by atoms with van der Waals surface area (Å²) in [6.45, 7) is 5.25. The van der Waals surface area contributed by atoms with Crippen LogP contribution in [0.25, 0.3) is 0 Å². The Morgan fingerprint density at radius 1 is 1.10 bits per heavy atom. The minimum absolute atomic E-state index is 0.0472. The lowest BCUT2D eigenvalue weighted by molar-refractivity contribution is 0.0901. The zero-order chi connectivity index (χ0) is 21.3. The average Bonchev–Trinajstić information content (AvgIpc) is 3.05. The fraction of sp³-hybridized carbons (Fsp3) is 0.696. The number of rotatable bonds is 5. The predicted octanol–water partition coefficient (Wildman–Crippen LogP) is 3.17. The molecule has 0 radical (unpaired) electrons. The molecule has 4 rings (SSSR count). The lowest BCUT2D eigenvalue weighted by Gasteiger charge is -2.35. The van der Waals surface area contributed by atoms with E-state index in [0.717, 1.165) is 37.4 Å². The number of fused-ring (bicyclic) bond motifs is 1. The van der Waals surface area contributed by atoms with Gasteiger partial charge in [0.2, 0.25) is 10.0 Å². The summed E-state index contributed by atoms with van der Waals surface area (Å²) < 4.78 is 25.6. The van der Waals surface area contributed by atoms with Gasteiger partial charge < -0.3 is 10.2 Å². The molecule has 1 saturated carbocycles. The van der Waals surface area contributed by atoms with Crippen LogP contribution in [-0.2, 0) is 16.4 Å². The molecule has 2 heterocycles. The van der Waals surface area contributed by atoms with E-state index in [1.54, 1.807) is 12.1 Å².